The maximum absolute atomic E-state index is 12.2. The molecule has 2 saturated carbocycles. The highest BCUT2D eigenvalue weighted by molar-refractivity contribution is 9.10. The third-order valence-corrected chi connectivity index (χ3v) is 7.64. The number of fused-ring (bicyclic) bond motifs is 2. The van der Waals surface area contributed by atoms with E-state index in [9.17, 15) is 13.2 Å². The fourth-order valence-corrected chi connectivity index (χ4v) is 6.37. The summed E-state index contributed by atoms with van der Waals surface area (Å²) in [6, 6.07) is 0. The lowest BCUT2D eigenvalue weighted by atomic mass is 9.70. The molecule has 2 aliphatic carbocycles. The highest BCUT2D eigenvalue weighted by Crippen LogP contribution is 2.65. The number of carbonyl (C=O) groups excluding carboxylic acids is 1. The van der Waals surface area contributed by atoms with Crippen LogP contribution in [0.15, 0.2) is 0 Å². The summed E-state index contributed by atoms with van der Waals surface area (Å²) in [5.74, 6) is 0.330. The van der Waals surface area contributed by atoms with Gasteiger partial charge in [-0.2, -0.15) is 0 Å². The van der Waals surface area contributed by atoms with E-state index in [-0.39, 0.29) is 22.3 Å². The molecule has 0 aromatic heterocycles. The molecule has 1 N–H and O–H groups in total. The SMILES string of the molecule is CNS(=O)(=O)C[C@@]1(C)[C@@H]2CC[C@@]1(C)C(=O)[C@H]2Br. The zero-order chi connectivity index (χ0) is 13.1. The lowest BCUT2D eigenvalue weighted by molar-refractivity contribution is -0.127. The maximum atomic E-state index is 12.2. The Balaban J connectivity index is 2.42. The third kappa shape index (κ3) is 1.64. The lowest BCUT2D eigenvalue weighted by Crippen LogP contribution is -2.42. The third-order valence-electron chi connectivity index (χ3n) is 4.98. The minimum Gasteiger partial charge on any atom is -0.298 e. The molecule has 0 heterocycles. The fourth-order valence-electron chi connectivity index (χ4n) is 3.55. The Kier molecular flexibility index (Phi) is 3.00. The lowest BCUT2D eigenvalue weighted by Gasteiger charge is -2.35. The van der Waals surface area contributed by atoms with Crippen LogP contribution in [0.4, 0.5) is 0 Å². The molecule has 17 heavy (non-hydrogen) atoms. The number of halogens is 1. The first-order valence-corrected chi connectivity index (χ1v) is 8.34. The molecule has 0 spiro atoms. The van der Waals surface area contributed by atoms with Gasteiger partial charge < -0.3 is 0 Å². The van der Waals surface area contributed by atoms with Crippen LogP contribution in [0.1, 0.15) is 26.7 Å². The summed E-state index contributed by atoms with van der Waals surface area (Å²) in [6.45, 7) is 3.86. The van der Waals surface area contributed by atoms with E-state index < -0.39 is 20.9 Å². The van der Waals surface area contributed by atoms with Gasteiger partial charge in [-0.3, -0.25) is 4.79 Å². The van der Waals surface area contributed by atoms with E-state index in [2.05, 4.69) is 20.7 Å². The first-order valence-electron chi connectivity index (χ1n) is 5.77. The summed E-state index contributed by atoms with van der Waals surface area (Å²) in [5.41, 5.74) is -0.962. The Hall–Kier alpha value is 0.0600. The number of alkyl halides is 1. The molecule has 2 rings (SSSR count). The molecule has 6 heteroatoms. The molecule has 0 aromatic carbocycles. The van der Waals surface area contributed by atoms with Crippen LogP contribution in [0, 0.1) is 16.7 Å². The Bertz CT molecular complexity index is 463. The molecular formula is C11H18BrNO3S. The predicted molar refractivity (Wildman–Crippen MR) is 69.5 cm³/mol. The molecule has 0 aliphatic heterocycles. The molecule has 0 amide bonds. The predicted octanol–water partition coefficient (Wildman–Crippen LogP) is 1.30. The number of nitrogens with one attached hydrogen (secondary N) is 1. The van der Waals surface area contributed by atoms with Gasteiger partial charge in [-0.1, -0.05) is 29.8 Å². The second-order valence-electron chi connectivity index (χ2n) is 5.62. The summed E-state index contributed by atoms with van der Waals surface area (Å²) in [6.07, 6.45) is 1.72. The van der Waals surface area contributed by atoms with Gasteiger partial charge in [-0.15, -0.1) is 0 Å². The van der Waals surface area contributed by atoms with Crippen molar-refractivity contribution in [2.45, 2.75) is 31.5 Å². The second kappa shape index (κ2) is 3.78. The summed E-state index contributed by atoms with van der Waals surface area (Å²) < 4.78 is 25.9. The smallest absolute Gasteiger partial charge is 0.211 e. The monoisotopic (exact) mass is 323 g/mol. The van der Waals surface area contributed by atoms with E-state index in [1.165, 1.54) is 7.05 Å². The molecule has 98 valence electrons. The molecule has 4 atom stereocenters. The van der Waals surface area contributed by atoms with Gasteiger partial charge >= 0.3 is 0 Å². The van der Waals surface area contributed by atoms with Crippen LogP contribution in [0.25, 0.3) is 0 Å². The van der Waals surface area contributed by atoms with Crippen LogP contribution in [0.5, 0.6) is 0 Å². The van der Waals surface area contributed by atoms with Crippen molar-refractivity contribution >= 4 is 31.7 Å². The van der Waals surface area contributed by atoms with Crippen molar-refractivity contribution in [3.8, 4) is 0 Å². The number of carbonyl (C=O) groups is 1. The van der Waals surface area contributed by atoms with Crippen LogP contribution in [0.2, 0.25) is 0 Å². The van der Waals surface area contributed by atoms with Crippen LogP contribution < -0.4 is 4.72 Å². The van der Waals surface area contributed by atoms with Crippen molar-refractivity contribution in [2.75, 3.05) is 12.8 Å². The van der Waals surface area contributed by atoms with E-state index in [1.54, 1.807) is 0 Å². The van der Waals surface area contributed by atoms with Gasteiger partial charge in [0.15, 0.2) is 5.78 Å². The quantitative estimate of drug-likeness (QED) is 0.796. The Morgan fingerprint density at radius 2 is 2.06 bits per heavy atom. The number of ketones is 1. The van der Waals surface area contributed by atoms with Crippen molar-refractivity contribution in [3.05, 3.63) is 0 Å². The average molecular weight is 324 g/mol. The zero-order valence-electron chi connectivity index (χ0n) is 10.3. The number of sulfonamides is 1. The number of hydrogen-bond donors (Lipinski definition) is 1. The first kappa shape index (κ1) is 13.5. The second-order valence-corrected chi connectivity index (χ2v) is 8.54. The number of rotatable bonds is 3. The summed E-state index contributed by atoms with van der Waals surface area (Å²) >= 11 is 3.44. The van der Waals surface area contributed by atoms with Gasteiger partial charge in [0.05, 0.1) is 10.6 Å². The minimum absolute atomic E-state index is 0.0332. The largest absolute Gasteiger partial charge is 0.298 e. The van der Waals surface area contributed by atoms with Crippen LogP contribution in [0.3, 0.4) is 0 Å². The Morgan fingerprint density at radius 1 is 1.47 bits per heavy atom. The first-order chi connectivity index (χ1) is 7.68. The highest BCUT2D eigenvalue weighted by atomic mass is 79.9. The van der Waals surface area contributed by atoms with E-state index in [0.717, 1.165) is 12.8 Å². The maximum Gasteiger partial charge on any atom is 0.211 e. The van der Waals surface area contributed by atoms with Gasteiger partial charge in [0.1, 0.15) is 0 Å². The van der Waals surface area contributed by atoms with Gasteiger partial charge in [0.2, 0.25) is 10.0 Å². The van der Waals surface area contributed by atoms with Crippen molar-refractivity contribution in [1.82, 2.24) is 4.72 Å². The van der Waals surface area contributed by atoms with E-state index in [4.69, 9.17) is 0 Å². The molecule has 2 fully saturated rings. The number of Topliss-reactive ketones (excluding diaryl/α,β-unsaturated/α-hetero) is 1. The van der Waals surface area contributed by atoms with Crippen LogP contribution in [-0.2, 0) is 14.8 Å². The molecule has 0 radical (unpaired) electrons. The Labute approximate surface area is 111 Å². The minimum atomic E-state index is -3.30. The van der Waals surface area contributed by atoms with Gasteiger partial charge in [-0.05, 0) is 31.2 Å². The van der Waals surface area contributed by atoms with Crippen molar-refractivity contribution in [3.63, 3.8) is 0 Å². The standard InChI is InChI=1S/C11H18BrNO3S/c1-10-5-4-7(8(12)9(10)14)11(10,2)6-17(15,16)13-3/h7-8,13H,4-6H2,1-3H3/t7-,8+,10+,11+/m1/s1. The van der Waals surface area contributed by atoms with E-state index >= 15 is 0 Å². The Morgan fingerprint density at radius 3 is 2.47 bits per heavy atom. The summed E-state index contributed by atoms with van der Waals surface area (Å²) in [5, 5.41) is 0. The van der Waals surface area contributed by atoms with Crippen molar-refractivity contribution < 1.29 is 13.2 Å². The van der Waals surface area contributed by atoms with Crippen molar-refractivity contribution in [1.29, 1.82) is 0 Å². The topological polar surface area (TPSA) is 63.2 Å². The normalized spacial score (nSPS) is 45.5. The highest BCUT2D eigenvalue weighted by Gasteiger charge is 2.68. The van der Waals surface area contributed by atoms with Gasteiger partial charge in [0, 0.05) is 5.41 Å². The molecule has 0 saturated heterocycles. The summed E-state index contributed by atoms with van der Waals surface area (Å²) in [7, 11) is -1.87. The van der Waals surface area contributed by atoms with Gasteiger partial charge in [-0.25, -0.2) is 13.1 Å². The zero-order valence-corrected chi connectivity index (χ0v) is 12.7. The molecule has 2 bridgehead atoms. The molecular weight excluding hydrogens is 306 g/mol. The van der Waals surface area contributed by atoms with E-state index in [1.807, 2.05) is 13.8 Å². The number of hydrogen-bond acceptors (Lipinski definition) is 3. The molecule has 2 aliphatic rings. The van der Waals surface area contributed by atoms with E-state index in [0.29, 0.717) is 0 Å². The van der Waals surface area contributed by atoms with Gasteiger partial charge in [0.25, 0.3) is 0 Å². The average Bonchev–Trinajstić information content (AvgIpc) is 2.55. The van der Waals surface area contributed by atoms with Crippen LogP contribution in [-0.4, -0.2) is 31.8 Å². The molecule has 0 aromatic rings. The summed E-state index contributed by atoms with van der Waals surface area (Å²) in [4.78, 5) is 12.0. The van der Waals surface area contributed by atoms with Crippen LogP contribution >= 0.6 is 15.9 Å². The van der Waals surface area contributed by atoms with Crippen molar-refractivity contribution in [2.24, 2.45) is 16.7 Å². The fraction of sp³-hybridized carbons (Fsp3) is 0.909. The molecule has 4 nitrogen and oxygen atoms in total. The molecule has 0 unspecified atom stereocenters.